The van der Waals surface area contributed by atoms with Gasteiger partial charge in [-0.3, -0.25) is 0 Å². The normalized spacial score (nSPS) is 11.5. The van der Waals surface area contributed by atoms with Gasteiger partial charge in [0.2, 0.25) is 5.69 Å². The highest BCUT2D eigenvalue weighted by molar-refractivity contribution is 6.14. The highest BCUT2D eigenvalue weighted by Crippen LogP contribution is 2.42. The Bertz CT molecular complexity index is 1760. The summed E-state index contributed by atoms with van der Waals surface area (Å²) in [5, 5.41) is 13.2. The average Bonchev–Trinajstić information content (AvgIpc) is 3.39. The van der Waals surface area contributed by atoms with Crippen molar-refractivity contribution in [1.29, 1.82) is 5.26 Å². The van der Waals surface area contributed by atoms with Gasteiger partial charge in [-0.05, 0) is 54.4 Å². The number of pyridine rings is 1. The zero-order chi connectivity index (χ0) is 22.7. The number of nitrogens with zero attached hydrogens (tertiary/aromatic N) is 3. The van der Waals surface area contributed by atoms with Crippen molar-refractivity contribution in [2.45, 2.75) is 6.92 Å². The number of rotatable bonds is 2. The maximum Gasteiger partial charge on any atom is 0.216 e. The zero-order valence-corrected chi connectivity index (χ0v) is 18.8. The van der Waals surface area contributed by atoms with Crippen LogP contribution in [0.15, 0.2) is 83.5 Å². The number of fused-ring (bicyclic) bond motifs is 4. The molecule has 3 aromatic heterocycles. The van der Waals surface area contributed by atoms with Crippen LogP contribution in [-0.2, 0) is 14.1 Å². The number of hydrogen-bond donors (Lipinski definition) is 0. The molecule has 3 heterocycles. The Balaban J connectivity index is 1.72. The first-order valence-electron chi connectivity index (χ1n) is 11.0. The Morgan fingerprint density at radius 2 is 1.70 bits per heavy atom. The van der Waals surface area contributed by atoms with Crippen LogP contribution in [0.4, 0.5) is 0 Å². The second kappa shape index (κ2) is 7.08. The molecule has 0 spiro atoms. The van der Waals surface area contributed by atoms with Crippen molar-refractivity contribution in [3.8, 4) is 28.5 Å². The van der Waals surface area contributed by atoms with E-state index in [4.69, 9.17) is 4.42 Å². The number of aromatic nitrogens is 2. The van der Waals surface area contributed by atoms with Crippen molar-refractivity contribution in [3.05, 3.63) is 90.3 Å². The first-order chi connectivity index (χ1) is 16.1. The maximum absolute atomic E-state index is 9.95. The fourth-order valence-corrected chi connectivity index (χ4v) is 4.92. The van der Waals surface area contributed by atoms with E-state index in [0.717, 1.165) is 60.8 Å². The van der Waals surface area contributed by atoms with Crippen molar-refractivity contribution < 1.29 is 8.98 Å². The van der Waals surface area contributed by atoms with Gasteiger partial charge in [0.25, 0.3) is 0 Å². The van der Waals surface area contributed by atoms with Crippen LogP contribution in [0.25, 0.3) is 55.2 Å². The molecule has 0 atom stereocenters. The molecule has 0 N–H and O–H groups in total. The lowest BCUT2D eigenvalue weighted by molar-refractivity contribution is -0.660. The van der Waals surface area contributed by atoms with E-state index in [-0.39, 0.29) is 0 Å². The first kappa shape index (κ1) is 19.3. The summed E-state index contributed by atoms with van der Waals surface area (Å²) >= 11 is 0. The quantitative estimate of drug-likeness (QED) is 0.299. The Morgan fingerprint density at radius 3 is 2.48 bits per heavy atom. The van der Waals surface area contributed by atoms with Crippen LogP contribution in [0, 0.1) is 18.3 Å². The van der Waals surface area contributed by atoms with E-state index in [1.165, 1.54) is 0 Å². The van der Waals surface area contributed by atoms with Gasteiger partial charge in [0.05, 0.1) is 17.2 Å². The molecule has 158 valence electrons. The predicted octanol–water partition coefficient (Wildman–Crippen LogP) is 6.42. The van der Waals surface area contributed by atoms with Crippen molar-refractivity contribution in [3.63, 3.8) is 0 Å². The summed E-state index contributed by atoms with van der Waals surface area (Å²) in [7, 11) is 4.08. The van der Waals surface area contributed by atoms with Gasteiger partial charge in [-0.2, -0.15) is 5.26 Å². The van der Waals surface area contributed by atoms with E-state index >= 15 is 0 Å². The Kier molecular flexibility index (Phi) is 4.15. The molecule has 4 nitrogen and oxygen atoms in total. The second-order valence-corrected chi connectivity index (χ2v) is 8.61. The minimum Gasteiger partial charge on any atom is -0.454 e. The highest BCUT2D eigenvalue weighted by Gasteiger charge is 2.23. The lowest BCUT2D eigenvalue weighted by Gasteiger charge is -2.06. The van der Waals surface area contributed by atoms with Crippen molar-refractivity contribution in [2.75, 3.05) is 0 Å². The lowest BCUT2D eigenvalue weighted by Crippen LogP contribution is -2.30. The fourth-order valence-electron chi connectivity index (χ4n) is 4.92. The second-order valence-electron chi connectivity index (χ2n) is 8.61. The van der Waals surface area contributed by atoms with Crippen LogP contribution in [0.5, 0.6) is 0 Å². The monoisotopic (exact) mass is 428 g/mol. The SMILES string of the molecule is Cc1ccc2c(oc3c(-c4ccc5c(ccn5C)c4)c(C#N)ccc32)c1-c1cccc[n+]1C. The summed E-state index contributed by atoms with van der Waals surface area (Å²) in [6.07, 6.45) is 4.10. The van der Waals surface area contributed by atoms with Gasteiger partial charge in [0.15, 0.2) is 6.20 Å². The molecule has 0 unspecified atom stereocenters. The molecule has 6 aromatic rings. The van der Waals surface area contributed by atoms with Crippen LogP contribution in [0.3, 0.4) is 0 Å². The van der Waals surface area contributed by atoms with Crippen molar-refractivity contribution in [2.24, 2.45) is 14.1 Å². The third-order valence-electron chi connectivity index (χ3n) is 6.62. The first-order valence-corrected chi connectivity index (χ1v) is 11.0. The van der Waals surface area contributed by atoms with Crippen LogP contribution < -0.4 is 4.57 Å². The fraction of sp³-hybridized carbons (Fsp3) is 0.103. The summed E-state index contributed by atoms with van der Waals surface area (Å²) in [6.45, 7) is 2.11. The smallest absolute Gasteiger partial charge is 0.216 e. The van der Waals surface area contributed by atoms with E-state index in [1.807, 2.05) is 44.6 Å². The minimum absolute atomic E-state index is 0.611. The summed E-state index contributed by atoms with van der Waals surface area (Å²) in [5.41, 5.74) is 8.52. The molecule has 6 rings (SSSR count). The molecule has 0 radical (unpaired) electrons. The largest absolute Gasteiger partial charge is 0.454 e. The molecule has 4 heteroatoms. The number of benzene rings is 3. The number of furan rings is 1. The molecule has 0 bridgehead atoms. The Hall–Kier alpha value is -4.36. The molecule has 0 aliphatic heterocycles. The molecular formula is C29H22N3O+. The molecule has 0 saturated heterocycles. The highest BCUT2D eigenvalue weighted by atomic mass is 16.3. The van der Waals surface area contributed by atoms with Gasteiger partial charge in [0.1, 0.15) is 18.2 Å². The van der Waals surface area contributed by atoms with Gasteiger partial charge in [0, 0.05) is 52.6 Å². The van der Waals surface area contributed by atoms with Crippen LogP contribution in [0.1, 0.15) is 11.1 Å². The summed E-state index contributed by atoms with van der Waals surface area (Å²) in [6, 6.07) is 25.2. The van der Waals surface area contributed by atoms with Crippen LogP contribution in [0.2, 0.25) is 0 Å². The van der Waals surface area contributed by atoms with Crippen molar-refractivity contribution in [1.82, 2.24) is 4.57 Å². The van der Waals surface area contributed by atoms with Gasteiger partial charge in [-0.25, -0.2) is 4.57 Å². The van der Waals surface area contributed by atoms with E-state index in [9.17, 15) is 5.26 Å². The van der Waals surface area contributed by atoms with Gasteiger partial charge in [-0.1, -0.05) is 18.2 Å². The van der Waals surface area contributed by atoms with Gasteiger partial charge in [-0.15, -0.1) is 0 Å². The minimum atomic E-state index is 0.611. The molecule has 0 fully saturated rings. The summed E-state index contributed by atoms with van der Waals surface area (Å²) in [5.74, 6) is 0. The Morgan fingerprint density at radius 1 is 0.909 bits per heavy atom. The molecule has 0 aliphatic carbocycles. The number of nitriles is 1. The molecule has 0 amide bonds. The molecular weight excluding hydrogens is 406 g/mol. The number of hydrogen-bond acceptors (Lipinski definition) is 2. The van der Waals surface area contributed by atoms with E-state index in [1.54, 1.807) is 0 Å². The predicted molar refractivity (Wildman–Crippen MR) is 132 cm³/mol. The van der Waals surface area contributed by atoms with Gasteiger partial charge < -0.3 is 8.98 Å². The zero-order valence-electron chi connectivity index (χ0n) is 18.8. The topological polar surface area (TPSA) is 45.7 Å². The third kappa shape index (κ3) is 2.79. The Labute approximate surface area is 191 Å². The van der Waals surface area contributed by atoms with E-state index in [0.29, 0.717) is 5.56 Å². The van der Waals surface area contributed by atoms with Crippen LogP contribution >= 0.6 is 0 Å². The standard InChI is InChI=1S/C29H22N3O/c1-18-7-10-22-23-11-8-21(17-30)27(20-9-12-24-19(16-20)13-15-32(24)3)29(23)33-28(22)26(18)25-6-4-5-14-31(25)2/h4-16H,1-3H3/q+1. The molecule has 0 saturated carbocycles. The average molecular weight is 429 g/mol. The number of aryl methyl sites for hydroxylation is 3. The third-order valence-corrected chi connectivity index (χ3v) is 6.62. The molecule has 33 heavy (non-hydrogen) atoms. The molecule has 0 aliphatic rings. The summed E-state index contributed by atoms with van der Waals surface area (Å²) < 4.78 is 10.9. The summed E-state index contributed by atoms with van der Waals surface area (Å²) in [4.78, 5) is 0. The van der Waals surface area contributed by atoms with Gasteiger partial charge >= 0.3 is 0 Å². The maximum atomic E-state index is 9.95. The van der Waals surface area contributed by atoms with E-state index < -0.39 is 0 Å². The van der Waals surface area contributed by atoms with Crippen molar-refractivity contribution >= 4 is 32.8 Å². The van der Waals surface area contributed by atoms with Crippen LogP contribution in [-0.4, -0.2) is 4.57 Å². The van der Waals surface area contributed by atoms with E-state index in [2.05, 4.69) is 70.8 Å². The molecule has 3 aromatic carbocycles. The lowest BCUT2D eigenvalue weighted by atomic mass is 9.95.